The van der Waals surface area contributed by atoms with Crippen LogP contribution in [0.15, 0.2) is 66.9 Å². The number of benzene rings is 2. The second-order valence-electron chi connectivity index (χ2n) is 5.86. The zero-order valence-electron chi connectivity index (χ0n) is 13.4. The largest absolute Gasteiger partial charge is 0.364 e. The van der Waals surface area contributed by atoms with Gasteiger partial charge in [-0.25, -0.2) is 0 Å². The summed E-state index contributed by atoms with van der Waals surface area (Å²) < 4.78 is 1.97. The number of amides is 1. The lowest BCUT2D eigenvalue weighted by Crippen LogP contribution is -2.18. The summed E-state index contributed by atoms with van der Waals surface area (Å²) in [6.07, 6.45) is 2.03. The van der Waals surface area contributed by atoms with E-state index in [1.165, 1.54) is 0 Å². The van der Waals surface area contributed by atoms with Crippen LogP contribution >= 0.6 is 0 Å². The molecule has 0 saturated carbocycles. The molecule has 0 atom stereocenters. The van der Waals surface area contributed by atoms with E-state index in [4.69, 9.17) is 5.73 Å². The molecule has 23 heavy (non-hydrogen) atoms. The lowest BCUT2D eigenvalue weighted by atomic mass is 9.96. The van der Waals surface area contributed by atoms with Crippen LogP contribution in [-0.4, -0.2) is 10.5 Å². The van der Waals surface area contributed by atoms with Gasteiger partial charge in [0.25, 0.3) is 5.91 Å². The number of hydrogen-bond donors (Lipinski definition) is 1. The van der Waals surface area contributed by atoms with Crippen LogP contribution < -0.4 is 5.73 Å². The fourth-order valence-electron chi connectivity index (χ4n) is 2.92. The van der Waals surface area contributed by atoms with Gasteiger partial charge in [-0.05, 0) is 25.0 Å². The summed E-state index contributed by atoms with van der Waals surface area (Å²) >= 11 is 0. The van der Waals surface area contributed by atoms with Crippen molar-refractivity contribution in [2.75, 3.05) is 0 Å². The van der Waals surface area contributed by atoms with E-state index in [2.05, 4.69) is 26.0 Å². The summed E-state index contributed by atoms with van der Waals surface area (Å²) in [6.45, 7) is 4.10. The number of aromatic nitrogens is 1. The highest BCUT2D eigenvalue weighted by Gasteiger charge is 2.23. The summed E-state index contributed by atoms with van der Waals surface area (Å²) in [5.41, 5.74) is 10.3. The molecule has 2 aromatic carbocycles. The molecule has 0 saturated heterocycles. The maximum absolute atomic E-state index is 12.2. The predicted molar refractivity (Wildman–Crippen MR) is 94.2 cm³/mol. The van der Waals surface area contributed by atoms with Crippen molar-refractivity contribution in [2.24, 2.45) is 5.73 Å². The van der Waals surface area contributed by atoms with E-state index < -0.39 is 5.91 Å². The van der Waals surface area contributed by atoms with Crippen molar-refractivity contribution in [1.82, 2.24) is 4.57 Å². The first-order chi connectivity index (χ1) is 11.1. The third-order valence-corrected chi connectivity index (χ3v) is 3.97. The van der Waals surface area contributed by atoms with Crippen LogP contribution in [0.5, 0.6) is 0 Å². The Hall–Kier alpha value is -2.81. The summed E-state index contributed by atoms with van der Waals surface area (Å²) in [4.78, 5) is 12.2. The molecular formula is C20H20N2O. The zero-order valence-corrected chi connectivity index (χ0v) is 13.4. The lowest BCUT2D eigenvalue weighted by molar-refractivity contribution is 0.0991. The molecule has 0 aliphatic rings. The normalized spacial score (nSPS) is 10.9. The number of hydrogen-bond acceptors (Lipinski definition) is 1. The minimum Gasteiger partial charge on any atom is -0.364 e. The first-order valence-electron chi connectivity index (χ1n) is 7.75. The van der Waals surface area contributed by atoms with Crippen LogP contribution in [0.3, 0.4) is 0 Å². The molecule has 0 radical (unpaired) electrons. The smallest absolute Gasteiger partial charge is 0.266 e. The Kier molecular flexibility index (Phi) is 4.02. The van der Waals surface area contributed by atoms with Crippen molar-refractivity contribution in [2.45, 2.75) is 19.9 Å². The molecule has 1 aromatic heterocycles. The van der Waals surface area contributed by atoms with Crippen molar-refractivity contribution < 1.29 is 4.79 Å². The molecule has 2 N–H and O–H groups in total. The molecule has 3 rings (SSSR count). The minimum absolute atomic E-state index is 0.150. The van der Waals surface area contributed by atoms with Gasteiger partial charge in [0.15, 0.2) is 0 Å². The van der Waals surface area contributed by atoms with Crippen LogP contribution in [0.2, 0.25) is 0 Å². The summed E-state index contributed by atoms with van der Waals surface area (Å²) in [6, 6.07) is 20.2. The van der Waals surface area contributed by atoms with Crippen molar-refractivity contribution >= 4 is 5.91 Å². The van der Waals surface area contributed by atoms with Gasteiger partial charge in [-0.3, -0.25) is 4.79 Å². The Balaban J connectivity index is 2.36. The quantitative estimate of drug-likeness (QED) is 0.758. The fraction of sp³-hybridized carbons (Fsp3) is 0.150. The fourth-order valence-corrected chi connectivity index (χ4v) is 2.92. The van der Waals surface area contributed by atoms with Gasteiger partial charge in [0.2, 0.25) is 0 Å². The summed E-state index contributed by atoms with van der Waals surface area (Å²) in [7, 11) is 0. The maximum Gasteiger partial charge on any atom is 0.266 e. The van der Waals surface area contributed by atoms with E-state index in [1.807, 2.05) is 59.3 Å². The SMILES string of the molecule is CC(C)n1cc(-c2ccccc2)c(-c2ccccc2)c1C(N)=O. The molecule has 1 amide bonds. The van der Waals surface area contributed by atoms with Gasteiger partial charge in [0.05, 0.1) is 0 Å². The molecule has 0 fully saturated rings. The van der Waals surface area contributed by atoms with Gasteiger partial charge < -0.3 is 10.3 Å². The standard InChI is InChI=1S/C20H20N2O/c1-14(2)22-13-17(15-9-5-3-6-10-15)18(19(22)20(21)23)16-11-7-4-8-12-16/h3-14H,1-2H3,(H2,21,23). The number of nitrogens with two attached hydrogens (primary N) is 1. The van der Waals surface area contributed by atoms with Crippen LogP contribution in [0.25, 0.3) is 22.3 Å². The van der Waals surface area contributed by atoms with Crippen molar-refractivity contribution in [3.63, 3.8) is 0 Å². The minimum atomic E-state index is -0.403. The van der Waals surface area contributed by atoms with Gasteiger partial charge in [-0.1, -0.05) is 60.7 Å². The third-order valence-electron chi connectivity index (χ3n) is 3.97. The molecule has 3 heteroatoms. The number of carbonyl (C=O) groups excluding carboxylic acids is 1. The molecule has 0 spiro atoms. The van der Waals surface area contributed by atoms with Gasteiger partial charge in [-0.2, -0.15) is 0 Å². The Bertz CT molecular complexity index is 818. The second kappa shape index (κ2) is 6.13. The monoisotopic (exact) mass is 304 g/mol. The van der Waals surface area contributed by atoms with Crippen LogP contribution in [0.1, 0.15) is 30.4 Å². The molecule has 3 aromatic rings. The van der Waals surface area contributed by atoms with E-state index in [9.17, 15) is 4.79 Å². The molecule has 0 bridgehead atoms. The molecule has 0 unspecified atom stereocenters. The van der Waals surface area contributed by atoms with Crippen molar-refractivity contribution in [3.05, 3.63) is 72.6 Å². The topological polar surface area (TPSA) is 48.0 Å². The lowest BCUT2D eigenvalue weighted by Gasteiger charge is -2.12. The Morgan fingerprint density at radius 2 is 1.43 bits per heavy atom. The van der Waals surface area contributed by atoms with Crippen molar-refractivity contribution in [1.29, 1.82) is 0 Å². The van der Waals surface area contributed by atoms with Crippen molar-refractivity contribution in [3.8, 4) is 22.3 Å². The Labute approximate surface area is 136 Å². The van der Waals surface area contributed by atoms with Crippen LogP contribution in [0.4, 0.5) is 0 Å². The van der Waals surface area contributed by atoms with E-state index in [-0.39, 0.29) is 6.04 Å². The average Bonchev–Trinajstić information content (AvgIpc) is 2.97. The van der Waals surface area contributed by atoms with Gasteiger partial charge >= 0.3 is 0 Å². The zero-order chi connectivity index (χ0) is 16.4. The maximum atomic E-state index is 12.2. The van der Waals surface area contributed by atoms with E-state index >= 15 is 0 Å². The Morgan fingerprint density at radius 3 is 1.91 bits per heavy atom. The summed E-state index contributed by atoms with van der Waals surface area (Å²) in [5, 5.41) is 0. The average molecular weight is 304 g/mol. The van der Waals surface area contributed by atoms with E-state index in [1.54, 1.807) is 0 Å². The molecule has 3 nitrogen and oxygen atoms in total. The molecule has 1 heterocycles. The molecule has 0 aliphatic carbocycles. The third kappa shape index (κ3) is 2.78. The first kappa shape index (κ1) is 15.1. The van der Waals surface area contributed by atoms with Crippen LogP contribution in [-0.2, 0) is 0 Å². The van der Waals surface area contributed by atoms with Gasteiger partial charge in [-0.15, -0.1) is 0 Å². The number of primary amides is 1. The Morgan fingerprint density at radius 1 is 0.913 bits per heavy atom. The summed E-state index contributed by atoms with van der Waals surface area (Å²) in [5.74, 6) is -0.403. The number of rotatable bonds is 4. The molecule has 0 aliphatic heterocycles. The van der Waals surface area contributed by atoms with E-state index in [0.29, 0.717) is 5.69 Å². The highest BCUT2D eigenvalue weighted by molar-refractivity contribution is 6.03. The van der Waals surface area contributed by atoms with Crippen LogP contribution in [0, 0.1) is 0 Å². The highest BCUT2D eigenvalue weighted by Crippen LogP contribution is 2.37. The first-order valence-corrected chi connectivity index (χ1v) is 7.75. The van der Waals surface area contributed by atoms with Gasteiger partial charge in [0.1, 0.15) is 5.69 Å². The number of carbonyl (C=O) groups is 1. The van der Waals surface area contributed by atoms with Gasteiger partial charge in [0, 0.05) is 23.4 Å². The predicted octanol–water partition coefficient (Wildman–Crippen LogP) is 4.50. The second-order valence-corrected chi connectivity index (χ2v) is 5.86. The molecular weight excluding hydrogens is 284 g/mol. The van der Waals surface area contributed by atoms with E-state index in [0.717, 1.165) is 22.3 Å². The molecule has 116 valence electrons. The highest BCUT2D eigenvalue weighted by atomic mass is 16.1. The number of nitrogens with zero attached hydrogens (tertiary/aromatic N) is 1.